The van der Waals surface area contributed by atoms with Crippen LogP contribution in [0.3, 0.4) is 0 Å². The fourth-order valence-electron chi connectivity index (χ4n) is 1.43. The minimum Gasteiger partial charge on any atom is -0.362 e. The highest BCUT2D eigenvalue weighted by atomic mass is 79.9. The van der Waals surface area contributed by atoms with Gasteiger partial charge in [-0.3, -0.25) is 0 Å². The Labute approximate surface area is 85.7 Å². The van der Waals surface area contributed by atoms with Crippen molar-refractivity contribution >= 4 is 22.0 Å². The van der Waals surface area contributed by atoms with E-state index in [0.29, 0.717) is 0 Å². The Hall–Kier alpha value is -0.800. The first-order chi connectivity index (χ1) is 6.31. The van der Waals surface area contributed by atoms with Crippen molar-refractivity contribution in [1.82, 2.24) is 5.32 Å². The van der Waals surface area contributed by atoms with E-state index in [9.17, 15) is 0 Å². The zero-order chi connectivity index (χ0) is 9.26. The number of fused-ring (bicyclic) bond motifs is 1. The van der Waals surface area contributed by atoms with Crippen molar-refractivity contribution in [3.8, 4) is 0 Å². The van der Waals surface area contributed by atoms with Crippen LogP contribution in [0.2, 0.25) is 0 Å². The molecule has 1 heterocycles. The molecule has 13 heavy (non-hydrogen) atoms. The Morgan fingerprint density at radius 1 is 1.46 bits per heavy atom. The smallest absolute Gasteiger partial charge is 0.153 e. The van der Waals surface area contributed by atoms with E-state index in [0.717, 1.165) is 4.47 Å². The maximum Gasteiger partial charge on any atom is 0.153 e. The first kappa shape index (κ1) is 8.78. The number of hydrogen-bond donors (Lipinski definition) is 1. The predicted molar refractivity (Wildman–Crippen MR) is 56.1 cm³/mol. The summed E-state index contributed by atoms with van der Waals surface area (Å²) >= 11 is 3.44. The van der Waals surface area contributed by atoms with Crippen LogP contribution < -0.4 is 5.32 Å². The average Bonchev–Trinajstić information content (AvgIpc) is 2.17. The lowest BCUT2D eigenvalue weighted by Crippen LogP contribution is -2.20. The molecule has 1 unspecified atom stereocenters. The topological polar surface area (TPSA) is 21.3 Å². The summed E-state index contributed by atoms with van der Waals surface area (Å²) in [5.41, 5.74) is 2.37. The molecule has 0 saturated heterocycles. The molecule has 0 fully saturated rings. The molecular formula is C10H10BrNO. The third-order valence-electron chi connectivity index (χ3n) is 2.08. The lowest BCUT2D eigenvalue weighted by atomic mass is 10.0. The van der Waals surface area contributed by atoms with Crippen molar-refractivity contribution in [3.63, 3.8) is 0 Å². The molecule has 1 aromatic carbocycles. The molecule has 0 saturated carbocycles. The molecule has 0 radical (unpaired) electrons. The van der Waals surface area contributed by atoms with Gasteiger partial charge in [0.05, 0.1) is 0 Å². The largest absolute Gasteiger partial charge is 0.362 e. The summed E-state index contributed by atoms with van der Waals surface area (Å²) in [5.74, 6) is 0. The molecule has 2 nitrogen and oxygen atoms in total. The second kappa shape index (κ2) is 3.52. The second-order valence-electron chi connectivity index (χ2n) is 2.89. The minimum atomic E-state index is -0.0301. The van der Waals surface area contributed by atoms with E-state index in [-0.39, 0.29) is 6.23 Å². The average molecular weight is 240 g/mol. The van der Waals surface area contributed by atoms with Crippen LogP contribution in [0.15, 0.2) is 28.9 Å². The first-order valence-corrected chi connectivity index (χ1v) is 4.85. The van der Waals surface area contributed by atoms with Crippen molar-refractivity contribution in [2.75, 3.05) is 7.11 Å². The number of nitrogens with one attached hydrogen (secondary N) is 1. The normalized spacial score (nSPS) is 19.4. The maximum atomic E-state index is 5.29. The van der Waals surface area contributed by atoms with Gasteiger partial charge in [0.2, 0.25) is 0 Å². The molecule has 1 N–H and O–H groups in total. The first-order valence-electron chi connectivity index (χ1n) is 4.06. The van der Waals surface area contributed by atoms with Gasteiger partial charge in [-0.2, -0.15) is 0 Å². The summed E-state index contributed by atoms with van der Waals surface area (Å²) in [6, 6.07) is 6.17. The maximum absolute atomic E-state index is 5.29. The highest BCUT2D eigenvalue weighted by molar-refractivity contribution is 9.10. The van der Waals surface area contributed by atoms with Crippen molar-refractivity contribution in [2.45, 2.75) is 6.23 Å². The molecule has 0 aliphatic carbocycles. The van der Waals surface area contributed by atoms with Crippen LogP contribution >= 0.6 is 15.9 Å². The van der Waals surface area contributed by atoms with Crippen LogP contribution in [0.1, 0.15) is 17.4 Å². The highest BCUT2D eigenvalue weighted by Crippen LogP contribution is 2.26. The van der Waals surface area contributed by atoms with Gasteiger partial charge in [-0.15, -0.1) is 0 Å². The molecule has 68 valence electrons. The summed E-state index contributed by atoms with van der Waals surface area (Å²) < 4.78 is 6.36. The second-order valence-corrected chi connectivity index (χ2v) is 3.80. The Kier molecular flexibility index (Phi) is 2.38. The highest BCUT2D eigenvalue weighted by Gasteiger charge is 2.15. The molecule has 0 bridgehead atoms. The van der Waals surface area contributed by atoms with Crippen molar-refractivity contribution in [2.24, 2.45) is 0 Å². The van der Waals surface area contributed by atoms with E-state index in [1.165, 1.54) is 11.1 Å². The predicted octanol–water partition coefficient (Wildman–Crippen LogP) is 2.67. The van der Waals surface area contributed by atoms with Crippen LogP contribution in [-0.4, -0.2) is 7.11 Å². The van der Waals surface area contributed by atoms with Gasteiger partial charge in [0.25, 0.3) is 0 Å². The molecule has 1 aromatic rings. The van der Waals surface area contributed by atoms with Gasteiger partial charge in [-0.25, -0.2) is 0 Å². The number of halogens is 1. The van der Waals surface area contributed by atoms with Crippen LogP contribution in [-0.2, 0) is 4.74 Å². The Morgan fingerprint density at radius 2 is 2.31 bits per heavy atom. The van der Waals surface area contributed by atoms with Crippen LogP contribution in [0.4, 0.5) is 0 Å². The van der Waals surface area contributed by atoms with Gasteiger partial charge < -0.3 is 10.1 Å². The van der Waals surface area contributed by atoms with Crippen LogP contribution in [0.25, 0.3) is 6.08 Å². The van der Waals surface area contributed by atoms with E-state index < -0.39 is 0 Å². The summed E-state index contributed by atoms with van der Waals surface area (Å²) in [6.07, 6.45) is 3.92. The Morgan fingerprint density at radius 3 is 3.08 bits per heavy atom. The third kappa shape index (κ3) is 1.62. The minimum absolute atomic E-state index is 0.0301. The quantitative estimate of drug-likeness (QED) is 0.814. The van der Waals surface area contributed by atoms with Crippen LogP contribution in [0.5, 0.6) is 0 Å². The van der Waals surface area contributed by atoms with E-state index in [4.69, 9.17) is 4.74 Å². The molecule has 1 aliphatic rings. The molecule has 1 atom stereocenters. The van der Waals surface area contributed by atoms with E-state index in [2.05, 4.69) is 33.4 Å². The Bertz CT molecular complexity index is 349. The Balaban J connectivity index is 2.48. The standard InChI is InChI=1S/C10H10BrNO/c1-13-10-9-6-8(11)3-2-7(9)4-5-12-10/h2-6,10,12H,1H3. The number of benzene rings is 1. The van der Waals surface area contributed by atoms with Gasteiger partial charge in [-0.05, 0) is 30.0 Å². The number of ether oxygens (including phenoxy) is 1. The summed E-state index contributed by atoms with van der Waals surface area (Å²) in [6.45, 7) is 0. The van der Waals surface area contributed by atoms with Crippen molar-refractivity contribution in [1.29, 1.82) is 0 Å². The summed E-state index contributed by atoms with van der Waals surface area (Å²) in [7, 11) is 1.70. The molecule has 0 spiro atoms. The van der Waals surface area contributed by atoms with Gasteiger partial charge in [0.15, 0.2) is 6.23 Å². The summed E-state index contributed by atoms with van der Waals surface area (Å²) in [4.78, 5) is 0. The van der Waals surface area contributed by atoms with E-state index in [1.807, 2.05) is 18.3 Å². The van der Waals surface area contributed by atoms with Crippen LogP contribution in [0, 0.1) is 0 Å². The molecule has 0 amide bonds. The van der Waals surface area contributed by atoms with Crippen molar-refractivity contribution < 1.29 is 4.74 Å². The lowest BCUT2D eigenvalue weighted by molar-refractivity contribution is 0.0848. The van der Waals surface area contributed by atoms with E-state index >= 15 is 0 Å². The fourth-order valence-corrected chi connectivity index (χ4v) is 1.81. The SMILES string of the molecule is COC1NC=Cc2ccc(Br)cc21. The number of methoxy groups -OCH3 is 1. The zero-order valence-electron chi connectivity index (χ0n) is 7.25. The molecule has 1 aliphatic heterocycles. The van der Waals surface area contributed by atoms with Gasteiger partial charge >= 0.3 is 0 Å². The third-order valence-corrected chi connectivity index (χ3v) is 2.57. The monoisotopic (exact) mass is 239 g/mol. The van der Waals surface area contributed by atoms with Gasteiger partial charge in [0.1, 0.15) is 0 Å². The lowest BCUT2D eigenvalue weighted by Gasteiger charge is -2.22. The van der Waals surface area contributed by atoms with Gasteiger partial charge in [0, 0.05) is 17.1 Å². The number of hydrogen-bond acceptors (Lipinski definition) is 2. The zero-order valence-corrected chi connectivity index (χ0v) is 8.84. The molecule has 2 rings (SSSR count). The van der Waals surface area contributed by atoms with Crippen molar-refractivity contribution in [3.05, 3.63) is 40.0 Å². The number of rotatable bonds is 1. The molecule has 3 heteroatoms. The molecular weight excluding hydrogens is 230 g/mol. The summed E-state index contributed by atoms with van der Waals surface area (Å²) in [5, 5.41) is 3.13. The van der Waals surface area contributed by atoms with E-state index in [1.54, 1.807) is 7.11 Å². The fraction of sp³-hybridized carbons (Fsp3) is 0.200. The molecule has 0 aromatic heterocycles. The van der Waals surface area contributed by atoms with Gasteiger partial charge in [-0.1, -0.05) is 22.0 Å².